The highest BCUT2D eigenvalue weighted by Gasteiger charge is 2.25. The van der Waals surface area contributed by atoms with Crippen LogP contribution in [0, 0.1) is 0 Å². The maximum Gasteiger partial charge on any atom is 0.389 e. The van der Waals surface area contributed by atoms with E-state index in [1.165, 1.54) is 14.2 Å². The fourth-order valence-electron chi connectivity index (χ4n) is 1.87. The smallest absolute Gasteiger partial charge is 0.389 e. The van der Waals surface area contributed by atoms with Crippen LogP contribution in [0.5, 0.6) is 11.5 Å². The van der Waals surface area contributed by atoms with E-state index < -0.39 is 12.6 Å². The van der Waals surface area contributed by atoms with Crippen molar-refractivity contribution in [1.29, 1.82) is 0 Å². The van der Waals surface area contributed by atoms with E-state index in [2.05, 4.69) is 5.32 Å². The van der Waals surface area contributed by atoms with Gasteiger partial charge in [-0.25, -0.2) is 0 Å². The van der Waals surface area contributed by atoms with Gasteiger partial charge in [0.05, 0.1) is 19.2 Å². The van der Waals surface area contributed by atoms with Crippen molar-refractivity contribution < 1.29 is 22.6 Å². The zero-order valence-electron chi connectivity index (χ0n) is 12.0. The number of hydrogen-bond donors (Lipinski definition) is 1. The number of rotatable bonds is 8. The van der Waals surface area contributed by atoms with Crippen molar-refractivity contribution in [3.05, 3.63) is 22.7 Å². The van der Waals surface area contributed by atoms with E-state index in [9.17, 15) is 13.2 Å². The highest BCUT2D eigenvalue weighted by molar-refractivity contribution is 6.33. The van der Waals surface area contributed by atoms with Crippen LogP contribution in [0.4, 0.5) is 13.2 Å². The van der Waals surface area contributed by atoms with Gasteiger partial charge in [0.1, 0.15) is 0 Å². The molecule has 1 N–H and O–H groups in total. The Morgan fingerprint density at radius 2 is 1.86 bits per heavy atom. The molecule has 7 heteroatoms. The Hall–Kier alpha value is -1.14. The molecule has 21 heavy (non-hydrogen) atoms. The van der Waals surface area contributed by atoms with Crippen molar-refractivity contribution in [2.45, 2.75) is 32.0 Å². The number of methoxy groups -OCH3 is 2. The van der Waals surface area contributed by atoms with Gasteiger partial charge < -0.3 is 14.8 Å². The lowest BCUT2D eigenvalue weighted by Crippen LogP contribution is -2.16. The fraction of sp³-hybridized carbons (Fsp3) is 0.571. The third-order valence-electron chi connectivity index (χ3n) is 2.94. The summed E-state index contributed by atoms with van der Waals surface area (Å²) in [6.45, 7) is 0.964. The van der Waals surface area contributed by atoms with Crippen molar-refractivity contribution >= 4 is 11.6 Å². The molecule has 1 aromatic carbocycles. The molecule has 0 heterocycles. The van der Waals surface area contributed by atoms with Gasteiger partial charge in [-0.1, -0.05) is 17.7 Å². The van der Waals surface area contributed by atoms with Crippen molar-refractivity contribution in [3.8, 4) is 11.5 Å². The molecule has 0 saturated heterocycles. The minimum Gasteiger partial charge on any atom is -0.493 e. The van der Waals surface area contributed by atoms with Crippen LogP contribution >= 0.6 is 11.6 Å². The average Bonchev–Trinajstić information content (AvgIpc) is 2.42. The second kappa shape index (κ2) is 8.34. The van der Waals surface area contributed by atoms with Crippen molar-refractivity contribution in [2.75, 3.05) is 20.8 Å². The van der Waals surface area contributed by atoms with Crippen LogP contribution < -0.4 is 14.8 Å². The summed E-state index contributed by atoms with van der Waals surface area (Å²) in [6, 6.07) is 3.54. The summed E-state index contributed by atoms with van der Waals surface area (Å²) in [6.07, 6.45) is -4.24. The van der Waals surface area contributed by atoms with Crippen LogP contribution in [0.2, 0.25) is 5.02 Å². The number of benzene rings is 1. The van der Waals surface area contributed by atoms with Gasteiger partial charge in [0.25, 0.3) is 0 Å². The molecule has 120 valence electrons. The molecule has 0 amide bonds. The standard InChI is InChI=1S/C14H19ClF3NO2/c1-20-11-6-5-10(12(15)13(11)21-2)9-19-8-4-3-7-14(16,17)18/h5-6,19H,3-4,7-9H2,1-2H3. The first-order valence-corrected chi connectivity index (χ1v) is 6.93. The van der Waals surface area contributed by atoms with E-state index in [4.69, 9.17) is 21.1 Å². The molecule has 0 saturated carbocycles. The summed E-state index contributed by atoms with van der Waals surface area (Å²) in [7, 11) is 3.02. The van der Waals surface area contributed by atoms with Gasteiger partial charge in [0, 0.05) is 13.0 Å². The number of unbranched alkanes of at least 4 members (excludes halogenated alkanes) is 1. The molecule has 0 atom stereocenters. The zero-order chi connectivity index (χ0) is 15.9. The molecule has 0 spiro atoms. The predicted octanol–water partition coefficient (Wildman–Crippen LogP) is 4.18. The van der Waals surface area contributed by atoms with Gasteiger partial charge in [-0.15, -0.1) is 0 Å². The Balaban J connectivity index is 2.42. The number of nitrogens with one attached hydrogen (secondary N) is 1. The molecule has 0 aliphatic carbocycles. The first kappa shape index (κ1) is 17.9. The lowest BCUT2D eigenvalue weighted by Gasteiger charge is -2.13. The second-order valence-electron chi connectivity index (χ2n) is 4.52. The molecule has 0 fully saturated rings. The number of halogens is 4. The van der Waals surface area contributed by atoms with Gasteiger partial charge in [-0.2, -0.15) is 13.2 Å². The van der Waals surface area contributed by atoms with Crippen LogP contribution in [-0.2, 0) is 6.54 Å². The highest BCUT2D eigenvalue weighted by Crippen LogP contribution is 2.37. The number of alkyl halides is 3. The van der Waals surface area contributed by atoms with E-state index in [0.29, 0.717) is 36.0 Å². The van der Waals surface area contributed by atoms with Gasteiger partial charge in [0.15, 0.2) is 11.5 Å². The molecule has 1 rings (SSSR count). The van der Waals surface area contributed by atoms with E-state index in [-0.39, 0.29) is 6.42 Å². The molecule has 3 nitrogen and oxygen atoms in total. The SMILES string of the molecule is COc1ccc(CNCCCCC(F)(F)F)c(Cl)c1OC. The van der Waals surface area contributed by atoms with E-state index in [1.807, 2.05) is 0 Å². The summed E-state index contributed by atoms with van der Waals surface area (Å²) in [5.41, 5.74) is 0.810. The first-order valence-electron chi connectivity index (χ1n) is 6.56. The van der Waals surface area contributed by atoms with Gasteiger partial charge in [-0.3, -0.25) is 0 Å². The van der Waals surface area contributed by atoms with Crippen LogP contribution in [0.25, 0.3) is 0 Å². The zero-order valence-corrected chi connectivity index (χ0v) is 12.8. The quantitative estimate of drug-likeness (QED) is 0.727. The predicted molar refractivity (Wildman–Crippen MR) is 76.2 cm³/mol. The van der Waals surface area contributed by atoms with Crippen molar-refractivity contribution in [1.82, 2.24) is 5.32 Å². The van der Waals surface area contributed by atoms with Gasteiger partial charge >= 0.3 is 6.18 Å². The lowest BCUT2D eigenvalue weighted by molar-refractivity contribution is -0.135. The molecule has 1 aromatic rings. The molecule has 0 aliphatic rings. The maximum absolute atomic E-state index is 12.0. The third kappa shape index (κ3) is 6.01. The average molecular weight is 326 g/mol. The van der Waals surface area contributed by atoms with Gasteiger partial charge in [-0.05, 0) is 31.0 Å². The Morgan fingerprint density at radius 1 is 1.14 bits per heavy atom. The molecular weight excluding hydrogens is 307 g/mol. The Kier molecular flexibility index (Phi) is 7.11. The minimum absolute atomic E-state index is 0.121. The van der Waals surface area contributed by atoms with Crippen LogP contribution in [0.3, 0.4) is 0 Å². The first-order chi connectivity index (χ1) is 9.89. The molecule has 0 radical (unpaired) electrons. The summed E-state index contributed by atoms with van der Waals surface area (Å²) < 4.78 is 46.2. The number of hydrogen-bond acceptors (Lipinski definition) is 3. The van der Waals surface area contributed by atoms with Gasteiger partial charge in [0.2, 0.25) is 0 Å². The van der Waals surface area contributed by atoms with Crippen LogP contribution in [0.15, 0.2) is 12.1 Å². The summed E-state index contributed by atoms with van der Waals surface area (Å²) in [5.74, 6) is 0.993. The topological polar surface area (TPSA) is 30.5 Å². The molecule has 0 aromatic heterocycles. The molecule has 0 unspecified atom stereocenters. The number of ether oxygens (including phenoxy) is 2. The van der Waals surface area contributed by atoms with E-state index in [1.54, 1.807) is 12.1 Å². The normalized spacial score (nSPS) is 11.5. The van der Waals surface area contributed by atoms with E-state index in [0.717, 1.165) is 5.56 Å². The summed E-state index contributed by atoms with van der Waals surface area (Å²) >= 11 is 6.20. The van der Waals surface area contributed by atoms with E-state index >= 15 is 0 Å². The molecular formula is C14H19ClF3NO2. The highest BCUT2D eigenvalue weighted by atomic mass is 35.5. The maximum atomic E-state index is 12.0. The molecule has 0 bridgehead atoms. The third-order valence-corrected chi connectivity index (χ3v) is 3.36. The largest absolute Gasteiger partial charge is 0.493 e. The molecule has 0 aliphatic heterocycles. The Labute approximate surface area is 127 Å². The summed E-state index contributed by atoms with van der Waals surface area (Å²) in [4.78, 5) is 0. The van der Waals surface area contributed by atoms with Crippen LogP contribution in [-0.4, -0.2) is 26.9 Å². The summed E-state index contributed by atoms with van der Waals surface area (Å²) in [5, 5.41) is 3.51. The monoisotopic (exact) mass is 325 g/mol. The fourth-order valence-corrected chi connectivity index (χ4v) is 2.17. The Morgan fingerprint density at radius 3 is 2.43 bits per heavy atom. The second-order valence-corrected chi connectivity index (χ2v) is 4.90. The lowest BCUT2D eigenvalue weighted by atomic mass is 10.2. The van der Waals surface area contributed by atoms with Crippen molar-refractivity contribution in [3.63, 3.8) is 0 Å². The Bertz CT molecular complexity index is 453. The van der Waals surface area contributed by atoms with Crippen LogP contribution in [0.1, 0.15) is 24.8 Å². The minimum atomic E-state index is -4.08. The van der Waals surface area contributed by atoms with Crippen molar-refractivity contribution in [2.24, 2.45) is 0 Å².